The van der Waals surface area contributed by atoms with Gasteiger partial charge in [-0.05, 0) is 74.3 Å². The summed E-state index contributed by atoms with van der Waals surface area (Å²) >= 11 is 9.44. The molecule has 2 aliphatic rings. The van der Waals surface area contributed by atoms with Crippen molar-refractivity contribution in [1.29, 1.82) is 0 Å². The van der Waals surface area contributed by atoms with E-state index in [1.54, 1.807) is 19.2 Å². The molecule has 2 saturated heterocycles. The molecule has 2 N–H and O–H groups in total. The molecule has 0 aromatic heterocycles. The summed E-state index contributed by atoms with van der Waals surface area (Å²) in [6.07, 6.45) is -1.02. The molecule has 2 aliphatic heterocycles. The molecule has 0 spiro atoms. The number of halogens is 5. The number of anilines is 1. The lowest BCUT2D eigenvalue weighted by Gasteiger charge is -2.40. The summed E-state index contributed by atoms with van der Waals surface area (Å²) in [5.74, 6) is -0.741. The molecule has 39 heavy (non-hydrogen) atoms. The number of carbonyl (C=O) groups is 2. The van der Waals surface area contributed by atoms with E-state index in [1.807, 2.05) is 12.1 Å². The van der Waals surface area contributed by atoms with Crippen LogP contribution >= 0.6 is 27.5 Å². The van der Waals surface area contributed by atoms with E-state index in [-0.39, 0.29) is 19.0 Å². The molecule has 0 saturated carbocycles. The number of benzene rings is 2. The number of likely N-dealkylation sites (tertiary alicyclic amines) is 1. The maximum absolute atomic E-state index is 14.0. The number of nitrogens with zero attached hydrogens (tertiary/aromatic N) is 2. The molecule has 0 bridgehead atoms. The molecule has 0 radical (unpaired) electrons. The first-order valence-corrected chi connectivity index (χ1v) is 14.2. The quantitative estimate of drug-likeness (QED) is 0.426. The predicted octanol–water partition coefficient (Wildman–Crippen LogP) is 5.76. The highest BCUT2D eigenvalue weighted by atomic mass is 79.9. The van der Waals surface area contributed by atoms with Crippen LogP contribution in [0.2, 0.25) is 5.02 Å². The normalized spacial score (nSPS) is 19.1. The Morgan fingerprint density at radius 2 is 1.64 bits per heavy atom. The van der Waals surface area contributed by atoms with Crippen LogP contribution in [0.5, 0.6) is 0 Å². The number of alkyl halides is 3. The summed E-state index contributed by atoms with van der Waals surface area (Å²) in [6, 6.07) is 10.6. The topological polar surface area (TPSA) is 72.9 Å². The maximum Gasteiger partial charge on any atom is 0.430 e. The summed E-state index contributed by atoms with van der Waals surface area (Å²) in [6.45, 7) is 2.07. The van der Waals surface area contributed by atoms with E-state index in [1.165, 1.54) is 6.07 Å². The van der Waals surface area contributed by atoms with Gasteiger partial charge < -0.3 is 20.2 Å². The Hall–Kier alpha value is -2.30. The summed E-state index contributed by atoms with van der Waals surface area (Å²) in [5, 5.41) is 13.7. The molecule has 4 rings (SSSR count). The van der Waals surface area contributed by atoms with Crippen molar-refractivity contribution < 1.29 is 27.9 Å². The van der Waals surface area contributed by atoms with E-state index in [0.29, 0.717) is 39.7 Å². The Balaban J connectivity index is 1.31. The van der Waals surface area contributed by atoms with Crippen LogP contribution in [0, 0.1) is 11.8 Å². The second-order valence-corrected chi connectivity index (χ2v) is 11.7. The molecule has 6 nitrogen and oxygen atoms in total. The number of hydrogen-bond acceptors (Lipinski definition) is 4. The molecule has 11 heteroatoms. The molecule has 2 fully saturated rings. The van der Waals surface area contributed by atoms with E-state index in [9.17, 15) is 27.9 Å². The molecule has 212 valence electrons. The van der Waals surface area contributed by atoms with Crippen LogP contribution in [0.4, 0.5) is 18.9 Å². The van der Waals surface area contributed by atoms with Crippen molar-refractivity contribution in [3.8, 4) is 0 Å². The number of aliphatic hydroxyl groups is 1. The molecular weight excluding hydrogens is 599 g/mol. The number of nitrogens with one attached hydrogen (secondary N) is 1. The van der Waals surface area contributed by atoms with Crippen molar-refractivity contribution in [1.82, 2.24) is 10.2 Å². The lowest BCUT2D eigenvalue weighted by atomic mass is 9.82. The van der Waals surface area contributed by atoms with Gasteiger partial charge in [-0.1, -0.05) is 39.7 Å². The fourth-order valence-corrected chi connectivity index (χ4v) is 6.30. The largest absolute Gasteiger partial charge is 0.430 e. The highest BCUT2D eigenvalue weighted by Crippen LogP contribution is 2.42. The third-order valence-corrected chi connectivity index (χ3v) is 8.74. The highest BCUT2D eigenvalue weighted by molar-refractivity contribution is 9.10. The molecular formula is C28H32BrClF3N3O3. The van der Waals surface area contributed by atoms with E-state index in [4.69, 9.17) is 11.6 Å². The van der Waals surface area contributed by atoms with Crippen LogP contribution in [0.25, 0.3) is 0 Å². The summed E-state index contributed by atoms with van der Waals surface area (Å²) in [5.41, 5.74) is -2.67. The molecule has 2 heterocycles. The number of piperidine rings is 2. The average Bonchev–Trinajstić information content (AvgIpc) is 2.92. The smallest absolute Gasteiger partial charge is 0.371 e. The SMILES string of the molecule is CNC(=O)c1ccc(N2CCC(CC3CCN(C(=O)C(O)(c4cccc(Br)c4)C(F)(F)F)CC3)CC2)cc1Cl. The standard InChI is InChI=1S/C28H32BrClF3N3O3/c1-34-25(37)23-6-5-22(17-24(23)30)35-11-7-18(8-12-35)15-19-9-13-36(14-10-19)26(38)27(39,28(31,32)33)20-3-2-4-21(29)16-20/h2-6,16-19,39H,7-15H2,1H3,(H,34,37). The van der Waals surface area contributed by atoms with Gasteiger partial charge in [-0.3, -0.25) is 9.59 Å². The van der Waals surface area contributed by atoms with Crippen molar-refractivity contribution in [3.05, 3.63) is 63.1 Å². The van der Waals surface area contributed by atoms with Crippen LogP contribution in [0.1, 0.15) is 48.0 Å². The molecule has 2 aromatic rings. The van der Waals surface area contributed by atoms with E-state index in [2.05, 4.69) is 26.1 Å². The predicted molar refractivity (Wildman–Crippen MR) is 148 cm³/mol. The van der Waals surface area contributed by atoms with Crippen LogP contribution in [0.15, 0.2) is 46.9 Å². The van der Waals surface area contributed by atoms with Gasteiger partial charge in [0.15, 0.2) is 0 Å². The van der Waals surface area contributed by atoms with Crippen molar-refractivity contribution in [2.75, 3.05) is 38.1 Å². The van der Waals surface area contributed by atoms with E-state index >= 15 is 0 Å². The zero-order valence-electron chi connectivity index (χ0n) is 21.6. The second kappa shape index (κ2) is 12.1. The lowest BCUT2D eigenvalue weighted by Crippen LogP contribution is -2.57. The van der Waals surface area contributed by atoms with Crippen LogP contribution in [-0.2, 0) is 10.4 Å². The van der Waals surface area contributed by atoms with Gasteiger partial charge in [0.25, 0.3) is 17.4 Å². The Bertz CT molecular complexity index is 1200. The number of hydrogen-bond donors (Lipinski definition) is 2. The Kier molecular flexibility index (Phi) is 9.18. The van der Waals surface area contributed by atoms with Crippen LogP contribution < -0.4 is 10.2 Å². The highest BCUT2D eigenvalue weighted by Gasteiger charge is 2.62. The zero-order chi connectivity index (χ0) is 28.4. The van der Waals surface area contributed by atoms with E-state index < -0.39 is 23.2 Å². The fraction of sp³-hybridized carbons (Fsp3) is 0.500. The van der Waals surface area contributed by atoms with Gasteiger partial charge in [-0.25, -0.2) is 0 Å². The average molecular weight is 631 g/mol. The van der Waals surface area contributed by atoms with Gasteiger partial charge in [0.05, 0.1) is 10.6 Å². The second-order valence-electron chi connectivity index (χ2n) is 10.4. The molecule has 1 atom stereocenters. The number of amides is 2. The van der Waals surface area contributed by atoms with Crippen molar-refractivity contribution >= 4 is 45.0 Å². The minimum atomic E-state index is -5.15. The first-order chi connectivity index (χ1) is 18.4. The number of carbonyl (C=O) groups excluding carboxylic acids is 2. The third kappa shape index (κ3) is 6.38. The minimum Gasteiger partial charge on any atom is -0.371 e. The van der Waals surface area contributed by atoms with Crippen molar-refractivity contribution in [3.63, 3.8) is 0 Å². The molecule has 2 amide bonds. The van der Waals surface area contributed by atoms with Crippen LogP contribution in [0.3, 0.4) is 0 Å². The Morgan fingerprint density at radius 1 is 1.03 bits per heavy atom. The van der Waals surface area contributed by atoms with E-state index in [0.717, 1.165) is 55.1 Å². The Labute approximate surface area is 239 Å². The summed E-state index contributed by atoms with van der Waals surface area (Å²) in [7, 11) is 1.56. The maximum atomic E-state index is 14.0. The van der Waals surface area contributed by atoms with Crippen LogP contribution in [-0.4, -0.2) is 61.2 Å². The first kappa shape index (κ1) is 29.7. The molecule has 2 aromatic carbocycles. The van der Waals surface area contributed by atoms with Crippen molar-refractivity contribution in [2.24, 2.45) is 11.8 Å². The first-order valence-electron chi connectivity index (χ1n) is 13.0. The van der Waals surface area contributed by atoms with Gasteiger partial charge in [0.1, 0.15) is 0 Å². The summed E-state index contributed by atoms with van der Waals surface area (Å²) in [4.78, 5) is 28.3. The van der Waals surface area contributed by atoms with Gasteiger partial charge in [0, 0.05) is 49.0 Å². The molecule has 0 aliphatic carbocycles. The lowest BCUT2D eigenvalue weighted by molar-refractivity contribution is -0.262. The third-order valence-electron chi connectivity index (χ3n) is 7.93. The fourth-order valence-electron chi connectivity index (χ4n) is 5.64. The zero-order valence-corrected chi connectivity index (χ0v) is 23.9. The summed E-state index contributed by atoms with van der Waals surface area (Å²) < 4.78 is 42.4. The number of rotatable bonds is 6. The monoisotopic (exact) mass is 629 g/mol. The van der Waals surface area contributed by atoms with Gasteiger partial charge in [-0.2, -0.15) is 13.2 Å². The van der Waals surface area contributed by atoms with Gasteiger partial charge in [0.2, 0.25) is 0 Å². The van der Waals surface area contributed by atoms with Gasteiger partial charge >= 0.3 is 6.18 Å². The minimum absolute atomic E-state index is 0.185. The van der Waals surface area contributed by atoms with Crippen molar-refractivity contribution in [2.45, 2.75) is 43.9 Å². The Morgan fingerprint density at radius 3 is 2.18 bits per heavy atom. The molecule has 1 unspecified atom stereocenters. The van der Waals surface area contributed by atoms with Gasteiger partial charge in [-0.15, -0.1) is 0 Å².